The molecule has 78 valence electrons. The first-order chi connectivity index (χ1) is 6.25. The van der Waals surface area contributed by atoms with Gasteiger partial charge in [0.2, 0.25) is 0 Å². The van der Waals surface area contributed by atoms with Crippen LogP contribution in [-0.2, 0) is 5.41 Å². The van der Waals surface area contributed by atoms with E-state index < -0.39 is 0 Å². The molecule has 0 amide bonds. The molecule has 3 N–H and O–H groups in total. The Kier molecular flexibility index (Phi) is 2.49. The number of nitrogens with two attached hydrogens (primary N) is 1. The summed E-state index contributed by atoms with van der Waals surface area (Å²) in [5.41, 5.74) is 9.26. The maximum absolute atomic E-state index is 9.96. The molecule has 0 spiro atoms. The molecule has 0 aliphatic rings. The Morgan fingerprint density at radius 2 is 1.71 bits per heavy atom. The molecule has 2 nitrogen and oxygen atoms in total. The van der Waals surface area contributed by atoms with Crippen molar-refractivity contribution < 1.29 is 5.11 Å². The second kappa shape index (κ2) is 3.19. The Morgan fingerprint density at radius 3 is 2.14 bits per heavy atom. The predicted octanol–water partition coefficient (Wildman–Crippen LogP) is 2.89. The highest BCUT2D eigenvalue weighted by molar-refractivity contribution is 5.62. The Morgan fingerprint density at radius 1 is 1.21 bits per heavy atom. The van der Waals surface area contributed by atoms with Crippen LogP contribution in [0.2, 0.25) is 0 Å². The maximum atomic E-state index is 9.96. The molecule has 0 aliphatic heterocycles. The van der Waals surface area contributed by atoms with Crippen LogP contribution in [0.4, 0.5) is 5.69 Å². The summed E-state index contributed by atoms with van der Waals surface area (Å²) in [6.45, 7) is 10.1. The zero-order valence-corrected chi connectivity index (χ0v) is 9.60. The summed E-state index contributed by atoms with van der Waals surface area (Å²) in [4.78, 5) is 0. The number of nitrogen functional groups attached to an aromatic ring is 1. The summed E-state index contributed by atoms with van der Waals surface area (Å²) in [7, 11) is 0. The quantitative estimate of drug-likeness (QED) is 0.622. The normalized spacial score (nSPS) is 11.8. The van der Waals surface area contributed by atoms with Crippen LogP contribution in [0, 0.1) is 13.8 Å². The second-order valence-electron chi connectivity index (χ2n) is 4.88. The molecule has 0 atom stereocenters. The fourth-order valence-corrected chi connectivity index (χ4v) is 1.56. The molecule has 1 aromatic carbocycles. The lowest BCUT2D eigenvalue weighted by Crippen LogP contribution is -2.13. The van der Waals surface area contributed by atoms with Crippen LogP contribution in [0.3, 0.4) is 0 Å². The average molecular weight is 193 g/mol. The van der Waals surface area contributed by atoms with Gasteiger partial charge in [-0.15, -0.1) is 0 Å². The number of rotatable bonds is 0. The van der Waals surface area contributed by atoms with E-state index in [4.69, 9.17) is 5.73 Å². The number of phenolic OH excluding ortho intramolecular Hbond substituents is 1. The molecule has 0 fully saturated rings. The van der Waals surface area contributed by atoms with Crippen molar-refractivity contribution in [3.8, 4) is 5.75 Å². The van der Waals surface area contributed by atoms with Crippen molar-refractivity contribution in [2.24, 2.45) is 0 Å². The summed E-state index contributed by atoms with van der Waals surface area (Å²) in [5, 5.41) is 9.96. The number of benzene rings is 1. The predicted molar refractivity (Wildman–Crippen MR) is 60.7 cm³/mol. The SMILES string of the molecule is Cc1cc(C(C)(C)C)c(O)c(C)c1N. The lowest BCUT2D eigenvalue weighted by molar-refractivity contribution is 0.443. The van der Waals surface area contributed by atoms with E-state index in [1.54, 1.807) is 0 Å². The molecular weight excluding hydrogens is 174 g/mol. The molecule has 1 rings (SSSR count). The lowest BCUT2D eigenvalue weighted by atomic mass is 9.84. The molecule has 0 aromatic heterocycles. The van der Waals surface area contributed by atoms with Gasteiger partial charge in [0, 0.05) is 11.3 Å². The molecule has 0 bridgehead atoms. The van der Waals surface area contributed by atoms with Crippen LogP contribution < -0.4 is 5.73 Å². The number of anilines is 1. The van der Waals surface area contributed by atoms with Crippen molar-refractivity contribution in [1.29, 1.82) is 0 Å². The highest BCUT2D eigenvalue weighted by Gasteiger charge is 2.21. The van der Waals surface area contributed by atoms with Gasteiger partial charge in [-0.3, -0.25) is 0 Å². The fourth-order valence-electron chi connectivity index (χ4n) is 1.56. The van der Waals surface area contributed by atoms with Crippen LogP contribution >= 0.6 is 0 Å². The van der Waals surface area contributed by atoms with Gasteiger partial charge in [-0.25, -0.2) is 0 Å². The molecule has 1 aromatic rings. The molecule has 2 heteroatoms. The van der Waals surface area contributed by atoms with Gasteiger partial charge < -0.3 is 10.8 Å². The average Bonchev–Trinajstić information content (AvgIpc) is 2.06. The van der Waals surface area contributed by atoms with E-state index >= 15 is 0 Å². The molecule has 0 heterocycles. The molecule has 0 saturated heterocycles. The summed E-state index contributed by atoms with van der Waals surface area (Å²) >= 11 is 0. The molecular formula is C12H19NO. The standard InChI is InChI=1S/C12H19NO/c1-7-6-9(12(3,4)5)11(14)8(2)10(7)13/h6,14H,13H2,1-5H3. The Hall–Kier alpha value is -1.18. The van der Waals surface area contributed by atoms with Gasteiger partial charge >= 0.3 is 0 Å². The van der Waals surface area contributed by atoms with E-state index in [2.05, 4.69) is 20.8 Å². The highest BCUT2D eigenvalue weighted by Crippen LogP contribution is 2.37. The van der Waals surface area contributed by atoms with Crippen LogP contribution in [0.25, 0.3) is 0 Å². The molecule has 0 saturated carbocycles. The number of hydrogen-bond donors (Lipinski definition) is 2. The van der Waals surface area contributed by atoms with E-state index in [9.17, 15) is 5.11 Å². The van der Waals surface area contributed by atoms with Gasteiger partial charge in [0.1, 0.15) is 5.75 Å². The zero-order chi connectivity index (χ0) is 11.1. The second-order valence-corrected chi connectivity index (χ2v) is 4.88. The van der Waals surface area contributed by atoms with Crippen molar-refractivity contribution in [3.63, 3.8) is 0 Å². The number of phenols is 1. The maximum Gasteiger partial charge on any atom is 0.124 e. The van der Waals surface area contributed by atoms with E-state index in [-0.39, 0.29) is 5.41 Å². The van der Waals surface area contributed by atoms with Crippen molar-refractivity contribution in [3.05, 3.63) is 22.8 Å². The number of aryl methyl sites for hydroxylation is 1. The van der Waals surface area contributed by atoms with Gasteiger partial charge in [-0.1, -0.05) is 20.8 Å². The first-order valence-electron chi connectivity index (χ1n) is 4.84. The molecule has 0 unspecified atom stereocenters. The van der Waals surface area contributed by atoms with E-state index in [0.29, 0.717) is 11.4 Å². The van der Waals surface area contributed by atoms with Gasteiger partial charge in [-0.2, -0.15) is 0 Å². The van der Waals surface area contributed by atoms with E-state index in [0.717, 1.165) is 16.7 Å². The zero-order valence-electron chi connectivity index (χ0n) is 9.60. The summed E-state index contributed by atoms with van der Waals surface area (Å²) in [6.07, 6.45) is 0. The highest BCUT2D eigenvalue weighted by atomic mass is 16.3. The molecule has 0 aliphatic carbocycles. The smallest absolute Gasteiger partial charge is 0.124 e. The van der Waals surface area contributed by atoms with Crippen LogP contribution in [-0.4, -0.2) is 5.11 Å². The van der Waals surface area contributed by atoms with Gasteiger partial charge in [0.25, 0.3) is 0 Å². The number of hydrogen-bond acceptors (Lipinski definition) is 2. The summed E-state index contributed by atoms with van der Waals surface area (Å²) < 4.78 is 0. The Bertz CT molecular complexity index is 362. The minimum atomic E-state index is -0.0483. The summed E-state index contributed by atoms with van der Waals surface area (Å²) in [6, 6.07) is 1.97. The van der Waals surface area contributed by atoms with Crippen molar-refractivity contribution >= 4 is 5.69 Å². The molecule has 0 radical (unpaired) electrons. The van der Waals surface area contributed by atoms with E-state index in [1.807, 2.05) is 19.9 Å². The summed E-state index contributed by atoms with van der Waals surface area (Å²) in [5.74, 6) is 0.334. The van der Waals surface area contributed by atoms with Crippen LogP contribution in [0.15, 0.2) is 6.07 Å². The van der Waals surface area contributed by atoms with Crippen molar-refractivity contribution in [2.45, 2.75) is 40.0 Å². The topological polar surface area (TPSA) is 46.2 Å². The number of aromatic hydroxyl groups is 1. The van der Waals surface area contributed by atoms with Gasteiger partial charge in [-0.05, 0) is 36.5 Å². The van der Waals surface area contributed by atoms with Crippen molar-refractivity contribution in [1.82, 2.24) is 0 Å². The molecule has 14 heavy (non-hydrogen) atoms. The van der Waals surface area contributed by atoms with Crippen LogP contribution in [0.5, 0.6) is 5.75 Å². The van der Waals surface area contributed by atoms with E-state index in [1.165, 1.54) is 0 Å². The third-order valence-electron chi connectivity index (χ3n) is 2.61. The van der Waals surface area contributed by atoms with Gasteiger partial charge in [0.15, 0.2) is 0 Å². The third-order valence-corrected chi connectivity index (χ3v) is 2.61. The first kappa shape index (κ1) is 10.9. The largest absolute Gasteiger partial charge is 0.507 e. The van der Waals surface area contributed by atoms with Crippen LogP contribution in [0.1, 0.15) is 37.5 Å². The minimum Gasteiger partial charge on any atom is -0.507 e. The van der Waals surface area contributed by atoms with Crippen molar-refractivity contribution in [2.75, 3.05) is 5.73 Å². The third kappa shape index (κ3) is 1.69. The Balaban J connectivity index is 3.49. The Labute approximate surface area is 85.8 Å². The monoisotopic (exact) mass is 193 g/mol. The first-order valence-corrected chi connectivity index (χ1v) is 4.84. The van der Waals surface area contributed by atoms with Gasteiger partial charge in [0.05, 0.1) is 0 Å². The fraction of sp³-hybridized carbons (Fsp3) is 0.500. The lowest BCUT2D eigenvalue weighted by Gasteiger charge is -2.23. The minimum absolute atomic E-state index is 0.0483.